The third kappa shape index (κ3) is 3.96. The molecule has 1 amide bonds. The number of thiophene rings is 1. The molecule has 0 atom stereocenters. The van der Waals surface area contributed by atoms with Gasteiger partial charge in [0.1, 0.15) is 4.21 Å². The lowest BCUT2D eigenvalue weighted by Crippen LogP contribution is -2.24. The molecular formula is C11H16ClNO3S2. The Morgan fingerprint density at radius 1 is 1.44 bits per heavy atom. The summed E-state index contributed by atoms with van der Waals surface area (Å²) in [4.78, 5) is 11.8. The van der Waals surface area contributed by atoms with Crippen LogP contribution in [0.5, 0.6) is 0 Å². The number of carbonyl (C=O) groups is 1. The quantitative estimate of drug-likeness (QED) is 0.649. The van der Waals surface area contributed by atoms with Gasteiger partial charge in [0, 0.05) is 22.6 Å². The van der Waals surface area contributed by atoms with Gasteiger partial charge in [0.25, 0.3) is 15.0 Å². The Bertz CT molecular complexity index is 522. The predicted octanol–water partition coefficient (Wildman–Crippen LogP) is 2.90. The van der Waals surface area contributed by atoms with Crippen LogP contribution in [-0.4, -0.2) is 20.9 Å². The molecule has 1 aromatic rings. The zero-order valence-electron chi connectivity index (χ0n) is 10.3. The zero-order valence-corrected chi connectivity index (χ0v) is 12.7. The van der Waals surface area contributed by atoms with Crippen LogP contribution in [0.3, 0.4) is 0 Å². The van der Waals surface area contributed by atoms with E-state index in [0.717, 1.165) is 30.6 Å². The largest absolute Gasteiger partial charge is 0.352 e. The smallest absolute Gasteiger partial charge is 0.271 e. The van der Waals surface area contributed by atoms with E-state index in [4.69, 9.17) is 10.7 Å². The summed E-state index contributed by atoms with van der Waals surface area (Å²) in [6.07, 6.45) is 3.07. The highest BCUT2D eigenvalue weighted by Crippen LogP contribution is 2.29. The van der Waals surface area contributed by atoms with Gasteiger partial charge >= 0.3 is 0 Å². The summed E-state index contributed by atoms with van der Waals surface area (Å²) in [7, 11) is 1.51. The molecule has 0 saturated carbocycles. The van der Waals surface area contributed by atoms with Crippen molar-refractivity contribution in [1.82, 2.24) is 5.32 Å². The van der Waals surface area contributed by atoms with Crippen LogP contribution in [0.2, 0.25) is 0 Å². The molecule has 1 N–H and O–H groups in total. The van der Waals surface area contributed by atoms with Crippen LogP contribution in [0, 0.1) is 6.92 Å². The maximum atomic E-state index is 11.8. The highest BCUT2D eigenvalue weighted by molar-refractivity contribution is 8.15. The van der Waals surface area contributed by atoms with Crippen molar-refractivity contribution in [3.8, 4) is 0 Å². The van der Waals surface area contributed by atoms with E-state index in [2.05, 4.69) is 12.2 Å². The highest BCUT2D eigenvalue weighted by Gasteiger charge is 2.21. The van der Waals surface area contributed by atoms with E-state index in [9.17, 15) is 13.2 Å². The lowest BCUT2D eigenvalue weighted by Gasteiger charge is -2.04. The number of hydrogen-bond donors (Lipinski definition) is 1. The van der Waals surface area contributed by atoms with Crippen LogP contribution in [0.15, 0.2) is 9.59 Å². The van der Waals surface area contributed by atoms with E-state index in [1.807, 2.05) is 0 Å². The molecule has 1 rings (SSSR count). The standard InChI is InChI=1S/C11H16ClNO3S2/c1-3-4-5-6-13-10(14)9-7-17-11(8(9)2)18(12,15)16/h7H,3-6H2,1-2H3,(H,13,14). The summed E-state index contributed by atoms with van der Waals surface area (Å²) in [5.41, 5.74) is 0.804. The Morgan fingerprint density at radius 3 is 2.61 bits per heavy atom. The first-order valence-electron chi connectivity index (χ1n) is 5.69. The van der Waals surface area contributed by atoms with Gasteiger partial charge in [-0.05, 0) is 18.9 Å². The second-order valence-electron chi connectivity index (χ2n) is 3.96. The van der Waals surface area contributed by atoms with Crippen molar-refractivity contribution in [3.63, 3.8) is 0 Å². The van der Waals surface area contributed by atoms with Gasteiger partial charge in [0.15, 0.2) is 0 Å². The molecule has 0 bridgehead atoms. The topological polar surface area (TPSA) is 63.2 Å². The number of halogens is 1. The third-order valence-corrected chi connectivity index (χ3v) is 5.83. The second kappa shape index (κ2) is 6.54. The van der Waals surface area contributed by atoms with Gasteiger partial charge in [-0.3, -0.25) is 4.79 Å². The Labute approximate surface area is 116 Å². The number of carbonyl (C=O) groups excluding carboxylic acids is 1. The molecule has 1 heterocycles. The van der Waals surface area contributed by atoms with Gasteiger partial charge in [-0.2, -0.15) is 0 Å². The number of rotatable bonds is 6. The van der Waals surface area contributed by atoms with E-state index in [1.54, 1.807) is 6.92 Å². The summed E-state index contributed by atoms with van der Waals surface area (Å²) >= 11 is 0.974. The fourth-order valence-corrected chi connectivity index (χ4v) is 4.09. The van der Waals surface area contributed by atoms with Gasteiger partial charge in [-0.1, -0.05) is 19.8 Å². The molecule has 0 unspecified atom stereocenters. The summed E-state index contributed by atoms with van der Waals surface area (Å²) in [5, 5.41) is 4.30. The van der Waals surface area contributed by atoms with E-state index in [-0.39, 0.29) is 10.1 Å². The fourth-order valence-electron chi connectivity index (χ4n) is 1.54. The molecule has 0 aliphatic heterocycles. The highest BCUT2D eigenvalue weighted by atomic mass is 35.7. The Kier molecular flexibility index (Phi) is 5.62. The van der Waals surface area contributed by atoms with Gasteiger partial charge in [-0.15, -0.1) is 11.3 Å². The number of hydrogen-bond acceptors (Lipinski definition) is 4. The van der Waals surface area contributed by atoms with E-state index >= 15 is 0 Å². The minimum atomic E-state index is -3.76. The van der Waals surface area contributed by atoms with E-state index < -0.39 is 9.05 Å². The number of unbranched alkanes of at least 4 members (excludes halogenated alkanes) is 2. The van der Waals surface area contributed by atoms with Crippen molar-refractivity contribution in [2.45, 2.75) is 37.3 Å². The average Bonchev–Trinajstić information content (AvgIpc) is 2.66. The van der Waals surface area contributed by atoms with Crippen LogP contribution in [-0.2, 0) is 9.05 Å². The first-order chi connectivity index (χ1) is 8.38. The van der Waals surface area contributed by atoms with Gasteiger partial charge in [-0.25, -0.2) is 8.42 Å². The summed E-state index contributed by atoms with van der Waals surface area (Å²) < 4.78 is 22.5. The summed E-state index contributed by atoms with van der Waals surface area (Å²) in [6, 6.07) is 0. The van der Waals surface area contributed by atoms with Crippen LogP contribution in [0.25, 0.3) is 0 Å². The van der Waals surface area contributed by atoms with Crippen LogP contribution < -0.4 is 5.32 Å². The van der Waals surface area contributed by atoms with Crippen LogP contribution in [0.4, 0.5) is 0 Å². The SMILES string of the molecule is CCCCCNC(=O)c1csc(S(=O)(=O)Cl)c1C. The maximum absolute atomic E-state index is 11.8. The first kappa shape index (κ1) is 15.5. The average molecular weight is 310 g/mol. The van der Waals surface area contributed by atoms with Crippen molar-refractivity contribution in [3.05, 3.63) is 16.5 Å². The number of amides is 1. The second-order valence-corrected chi connectivity index (χ2v) is 7.60. The Morgan fingerprint density at radius 2 is 2.11 bits per heavy atom. The molecule has 4 nitrogen and oxygen atoms in total. The Hall–Kier alpha value is -0.590. The van der Waals surface area contributed by atoms with Crippen molar-refractivity contribution < 1.29 is 13.2 Å². The van der Waals surface area contributed by atoms with Crippen LogP contribution in [0.1, 0.15) is 42.1 Å². The minimum absolute atomic E-state index is 0.0443. The molecule has 1 aromatic heterocycles. The van der Waals surface area contributed by atoms with Crippen LogP contribution >= 0.6 is 22.0 Å². The van der Waals surface area contributed by atoms with Crippen molar-refractivity contribution in [2.75, 3.05) is 6.54 Å². The molecule has 0 saturated heterocycles. The monoisotopic (exact) mass is 309 g/mol. The molecular weight excluding hydrogens is 294 g/mol. The minimum Gasteiger partial charge on any atom is -0.352 e. The van der Waals surface area contributed by atoms with Gasteiger partial charge < -0.3 is 5.32 Å². The summed E-state index contributed by atoms with van der Waals surface area (Å²) in [6.45, 7) is 4.28. The lowest BCUT2D eigenvalue weighted by molar-refractivity contribution is 0.0952. The Balaban J connectivity index is 2.73. The molecule has 0 aromatic carbocycles. The predicted molar refractivity (Wildman–Crippen MR) is 74.0 cm³/mol. The molecule has 0 aliphatic rings. The van der Waals surface area contributed by atoms with Crippen molar-refractivity contribution >= 4 is 37.0 Å². The fraction of sp³-hybridized carbons (Fsp3) is 0.545. The molecule has 0 radical (unpaired) electrons. The summed E-state index contributed by atoms with van der Waals surface area (Å²) in [5.74, 6) is -0.244. The van der Waals surface area contributed by atoms with E-state index in [0.29, 0.717) is 17.7 Å². The normalized spacial score (nSPS) is 11.5. The maximum Gasteiger partial charge on any atom is 0.271 e. The molecule has 0 spiro atoms. The lowest BCUT2D eigenvalue weighted by atomic mass is 10.2. The third-order valence-electron chi connectivity index (χ3n) is 2.53. The molecule has 0 fully saturated rings. The molecule has 0 aliphatic carbocycles. The molecule has 7 heteroatoms. The van der Waals surface area contributed by atoms with Crippen molar-refractivity contribution in [1.29, 1.82) is 0 Å². The molecule has 102 valence electrons. The van der Waals surface area contributed by atoms with Gasteiger partial charge in [0.2, 0.25) is 0 Å². The van der Waals surface area contributed by atoms with E-state index in [1.165, 1.54) is 5.38 Å². The zero-order chi connectivity index (χ0) is 13.8. The van der Waals surface area contributed by atoms with Gasteiger partial charge in [0.05, 0.1) is 5.56 Å². The number of nitrogens with one attached hydrogen (secondary N) is 1. The molecule has 18 heavy (non-hydrogen) atoms. The first-order valence-corrected chi connectivity index (χ1v) is 8.87. The van der Waals surface area contributed by atoms with Crippen molar-refractivity contribution in [2.24, 2.45) is 0 Å².